The van der Waals surface area contributed by atoms with Crippen molar-refractivity contribution >= 4 is 17.6 Å². The molecule has 1 unspecified atom stereocenters. The normalized spacial score (nSPS) is 12.6. The van der Waals surface area contributed by atoms with E-state index in [2.05, 4.69) is 0 Å². The number of aliphatic carboxylic acids is 2. The first-order valence-electron chi connectivity index (χ1n) is 8.09. The van der Waals surface area contributed by atoms with E-state index in [1.165, 1.54) is 31.4 Å². The zero-order valence-corrected chi connectivity index (χ0v) is 14.7. The van der Waals surface area contributed by atoms with Crippen LogP contribution in [0.2, 0.25) is 0 Å². The van der Waals surface area contributed by atoms with Gasteiger partial charge in [-0.15, -0.1) is 0 Å². The molecule has 0 fully saturated rings. The molecule has 1 atom stereocenters. The van der Waals surface area contributed by atoms with E-state index in [1.807, 2.05) is 0 Å². The van der Waals surface area contributed by atoms with Gasteiger partial charge in [0.25, 0.3) is 0 Å². The number of carboxylic acid groups (broad SMARTS) is 2. The predicted octanol–water partition coefficient (Wildman–Crippen LogP) is 3.41. The highest BCUT2D eigenvalue weighted by Crippen LogP contribution is 2.35. The largest absolute Gasteiger partial charge is 0.497 e. The van der Waals surface area contributed by atoms with Crippen LogP contribution in [0.1, 0.15) is 22.6 Å². The Morgan fingerprint density at radius 3 is 2.11 bits per heavy atom. The molecule has 150 valence electrons. The molecular formula is C19H18F3NO5. The van der Waals surface area contributed by atoms with Crippen LogP contribution >= 0.6 is 0 Å². The van der Waals surface area contributed by atoms with E-state index in [0.717, 1.165) is 18.2 Å². The summed E-state index contributed by atoms with van der Waals surface area (Å²) in [6.07, 6.45) is -4.91. The summed E-state index contributed by atoms with van der Waals surface area (Å²) in [5, 5.41) is 18.8. The molecule has 0 aliphatic rings. The predicted molar refractivity (Wildman–Crippen MR) is 94.1 cm³/mol. The lowest BCUT2D eigenvalue weighted by Gasteiger charge is -2.23. The fourth-order valence-corrected chi connectivity index (χ4v) is 2.92. The number of methoxy groups -OCH3 is 1. The van der Waals surface area contributed by atoms with Gasteiger partial charge in [0.1, 0.15) is 5.75 Å². The van der Waals surface area contributed by atoms with Gasteiger partial charge in [0.15, 0.2) is 5.92 Å². The fraction of sp³-hybridized carbons (Fsp3) is 0.263. The third-order valence-corrected chi connectivity index (χ3v) is 4.39. The van der Waals surface area contributed by atoms with Gasteiger partial charge in [-0.2, -0.15) is 13.2 Å². The second kappa shape index (κ2) is 8.20. The maximum atomic E-state index is 13.0. The van der Waals surface area contributed by atoms with E-state index in [4.69, 9.17) is 10.5 Å². The molecule has 0 saturated heterocycles. The highest BCUT2D eigenvalue weighted by atomic mass is 19.4. The number of anilines is 1. The lowest BCUT2D eigenvalue weighted by molar-refractivity contribution is -0.155. The van der Waals surface area contributed by atoms with Gasteiger partial charge in [0.05, 0.1) is 12.7 Å². The lowest BCUT2D eigenvalue weighted by Crippen LogP contribution is -2.31. The number of hydrogen-bond donors (Lipinski definition) is 3. The molecule has 0 heterocycles. The van der Waals surface area contributed by atoms with E-state index >= 15 is 0 Å². The van der Waals surface area contributed by atoms with Gasteiger partial charge >= 0.3 is 18.1 Å². The van der Waals surface area contributed by atoms with Crippen LogP contribution in [0.3, 0.4) is 0 Å². The first-order valence-corrected chi connectivity index (χ1v) is 8.09. The molecule has 4 N–H and O–H groups in total. The Kier molecular flexibility index (Phi) is 6.17. The van der Waals surface area contributed by atoms with Crippen molar-refractivity contribution in [3.63, 3.8) is 0 Å². The Labute approximate surface area is 158 Å². The van der Waals surface area contributed by atoms with E-state index in [9.17, 15) is 33.0 Å². The molecule has 0 bridgehead atoms. The Morgan fingerprint density at radius 2 is 1.64 bits per heavy atom. The molecule has 0 saturated carbocycles. The lowest BCUT2D eigenvalue weighted by atomic mass is 9.81. The third-order valence-electron chi connectivity index (χ3n) is 4.39. The molecule has 28 heavy (non-hydrogen) atoms. The minimum Gasteiger partial charge on any atom is -0.497 e. The monoisotopic (exact) mass is 397 g/mol. The van der Waals surface area contributed by atoms with Gasteiger partial charge in [-0.05, 0) is 47.9 Å². The summed E-state index contributed by atoms with van der Waals surface area (Å²) < 4.78 is 44.1. The molecule has 2 aromatic rings. The number of rotatable bonds is 7. The summed E-state index contributed by atoms with van der Waals surface area (Å²) in [5.74, 6) is -5.75. The Balaban J connectivity index is 2.53. The van der Waals surface area contributed by atoms with Crippen LogP contribution in [0.15, 0.2) is 42.5 Å². The zero-order chi connectivity index (χ0) is 21.1. The number of carboxylic acids is 2. The Bertz CT molecular complexity index is 851. The van der Waals surface area contributed by atoms with Crippen LogP contribution < -0.4 is 10.5 Å². The van der Waals surface area contributed by atoms with Crippen LogP contribution in [0, 0.1) is 5.92 Å². The van der Waals surface area contributed by atoms with Crippen molar-refractivity contribution in [1.29, 1.82) is 0 Å². The SMILES string of the molecule is COc1ccc(C(Cc2cc(C(F)(F)F)ccc2N)C(C(=O)O)C(=O)O)cc1. The van der Waals surface area contributed by atoms with E-state index in [1.54, 1.807) is 0 Å². The second-order valence-electron chi connectivity index (χ2n) is 6.15. The smallest absolute Gasteiger partial charge is 0.416 e. The molecular weight excluding hydrogens is 379 g/mol. The summed E-state index contributed by atoms with van der Waals surface area (Å²) in [6.45, 7) is 0. The summed E-state index contributed by atoms with van der Waals surface area (Å²) in [5.41, 5.74) is 5.18. The molecule has 0 radical (unpaired) electrons. The summed E-state index contributed by atoms with van der Waals surface area (Å²) in [7, 11) is 1.42. The van der Waals surface area contributed by atoms with Crippen molar-refractivity contribution in [3.05, 3.63) is 59.2 Å². The molecule has 2 aromatic carbocycles. The Morgan fingerprint density at radius 1 is 1.07 bits per heavy atom. The van der Waals surface area contributed by atoms with Crippen LogP contribution in [0.4, 0.5) is 18.9 Å². The topological polar surface area (TPSA) is 110 Å². The van der Waals surface area contributed by atoms with E-state index in [-0.39, 0.29) is 17.7 Å². The first kappa shape index (κ1) is 21.1. The van der Waals surface area contributed by atoms with Gasteiger partial charge in [-0.25, -0.2) is 0 Å². The third kappa shape index (κ3) is 4.73. The molecule has 0 aliphatic heterocycles. The van der Waals surface area contributed by atoms with Crippen LogP contribution in [-0.4, -0.2) is 29.3 Å². The van der Waals surface area contributed by atoms with Crippen molar-refractivity contribution in [3.8, 4) is 5.75 Å². The average Bonchev–Trinajstić information content (AvgIpc) is 2.61. The van der Waals surface area contributed by atoms with Crippen molar-refractivity contribution in [2.24, 2.45) is 5.92 Å². The second-order valence-corrected chi connectivity index (χ2v) is 6.15. The van der Waals surface area contributed by atoms with Crippen LogP contribution in [0.25, 0.3) is 0 Å². The average molecular weight is 397 g/mol. The molecule has 0 spiro atoms. The van der Waals surface area contributed by atoms with Crippen LogP contribution in [-0.2, 0) is 22.2 Å². The molecule has 2 rings (SSSR count). The van der Waals surface area contributed by atoms with Crippen molar-refractivity contribution in [2.45, 2.75) is 18.5 Å². The van der Waals surface area contributed by atoms with Gasteiger partial charge in [-0.3, -0.25) is 9.59 Å². The summed E-state index contributed by atoms with van der Waals surface area (Å²) in [6, 6.07) is 8.68. The highest BCUT2D eigenvalue weighted by molar-refractivity contribution is 5.94. The van der Waals surface area contributed by atoms with Gasteiger partial charge in [0.2, 0.25) is 0 Å². The summed E-state index contributed by atoms with van der Waals surface area (Å²) >= 11 is 0. The van der Waals surface area contributed by atoms with E-state index in [0.29, 0.717) is 11.3 Å². The van der Waals surface area contributed by atoms with Gasteiger partial charge in [0, 0.05) is 11.6 Å². The van der Waals surface area contributed by atoms with Gasteiger partial charge < -0.3 is 20.7 Å². The van der Waals surface area contributed by atoms with E-state index < -0.39 is 35.5 Å². The minimum atomic E-state index is -4.61. The number of alkyl halides is 3. The number of hydrogen-bond acceptors (Lipinski definition) is 4. The maximum absolute atomic E-state index is 13.0. The van der Waals surface area contributed by atoms with Crippen molar-refractivity contribution in [2.75, 3.05) is 12.8 Å². The highest BCUT2D eigenvalue weighted by Gasteiger charge is 2.37. The fourth-order valence-electron chi connectivity index (χ4n) is 2.92. The Hall–Kier alpha value is -3.23. The number of nitrogen functional groups attached to an aromatic ring is 1. The van der Waals surface area contributed by atoms with Gasteiger partial charge in [-0.1, -0.05) is 12.1 Å². The van der Waals surface area contributed by atoms with Crippen molar-refractivity contribution < 1.29 is 37.7 Å². The molecule has 6 nitrogen and oxygen atoms in total. The number of halogens is 3. The number of carbonyl (C=O) groups is 2. The zero-order valence-electron chi connectivity index (χ0n) is 14.7. The number of benzene rings is 2. The summed E-state index contributed by atoms with van der Waals surface area (Å²) in [4.78, 5) is 23.1. The minimum absolute atomic E-state index is 0.0149. The maximum Gasteiger partial charge on any atom is 0.416 e. The number of nitrogens with two attached hydrogens (primary N) is 1. The molecule has 0 aliphatic carbocycles. The first-order chi connectivity index (χ1) is 13.0. The molecule has 0 amide bonds. The van der Waals surface area contributed by atoms with Crippen molar-refractivity contribution in [1.82, 2.24) is 0 Å². The molecule has 9 heteroatoms. The van der Waals surface area contributed by atoms with Crippen LogP contribution in [0.5, 0.6) is 5.75 Å². The quantitative estimate of drug-likeness (QED) is 0.488. The number of ether oxygens (including phenoxy) is 1. The standard InChI is InChI=1S/C19H18F3NO5/c1-28-13-5-2-10(3-6-13)14(16(17(24)25)18(26)27)9-11-8-12(19(20,21)22)4-7-15(11)23/h2-8,14,16H,9,23H2,1H3,(H,24,25)(H,26,27). The molecule has 0 aromatic heterocycles.